The number of nitro benzene ring substituents is 1. The van der Waals surface area contributed by atoms with E-state index < -0.39 is 22.4 Å². The molecule has 1 heterocycles. The number of rotatable bonds is 7. The molecule has 26 heavy (non-hydrogen) atoms. The van der Waals surface area contributed by atoms with Gasteiger partial charge in [-0.25, -0.2) is 9.59 Å². The van der Waals surface area contributed by atoms with Crippen molar-refractivity contribution < 1.29 is 19.2 Å². The van der Waals surface area contributed by atoms with Crippen LogP contribution in [0.15, 0.2) is 34.1 Å². The largest absolute Gasteiger partial charge is 0.462 e. The average Bonchev–Trinajstić information content (AvgIpc) is 2.59. The Hall–Kier alpha value is -3.01. The number of ketones is 1. The molecule has 0 amide bonds. The molecule has 1 aromatic heterocycles. The molecule has 0 aliphatic carbocycles. The van der Waals surface area contributed by atoms with E-state index in [4.69, 9.17) is 4.74 Å². The van der Waals surface area contributed by atoms with E-state index in [0.29, 0.717) is 0 Å². The maximum Gasteiger partial charge on any atom is 0.346 e. The lowest BCUT2D eigenvalue weighted by Crippen LogP contribution is -2.20. The van der Waals surface area contributed by atoms with Gasteiger partial charge in [-0.3, -0.25) is 14.9 Å². The summed E-state index contributed by atoms with van der Waals surface area (Å²) in [6.45, 7) is 3.32. The number of carbonyl (C=O) groups is 2. The highest BCUT2D eigenvalue weighted by atomic mass is 32.2. The molecule has 0 aliphatic heterocycles. The Balaban J connectivity index is 2.25. The van der Waals surface area contributed by atoms with Crippen LogP contribution in [0.3, 0.4) is 0 Å². The number of esters is 1. The molecule has 1 aromatic carbocycles. The van der Waals surface area contributed by atoms with E-state index in [9.17, 15) is 24.5 Å². The van der Waals surface area contributed by atoms with Crippen LogP contribution in [0.1, 0.15) is 33.3 Å². The minimum absolute atomic E-state index is 0.0727. The number of thioether (sulfide) groups is 1. The summed E-state index contributed by atoms with van der Waals surface area (Å²) in [5.41, 5.74) is -0.318. The molecule has 0 saturated carbocycles. The normalized spacial score (nSPS) is 10.4. The number of carbonyl (C=O) groups excluding carboxylic acids is 2. The molecular weight excluding hydrogens is 362 g/mol. The third kappa shape index (κ3) is 4.54. The molecule has 0 radical (unpaired) electrons. The smallest absolute Gasteiger partial charge is 0.346 e. The number of H-pyrrole nitrogens is 1. The van der Waals surface area contributed by atoms with Crippen molar-refractivity contribution in [3.05, 3.63) is 61.7 Å². The van der Waals surface area contributed by atoms with Crippen molar-refractivity contribution in [2.24, 2.45) is 0 Å². The Labute approximate surface area is 151 Å². The lowest BCUT2D eigenvalue weighted by Gasteiger charge is -2.09. The topological polar surface area (TPSA) is 132 Å². The minimum Gasteiger partial charge on any atom is -0.462 e. The number of nitro groups is 1. The predicted molar refractivity (Wildman–Crippen MR) is 93.7 cm³/mol. The molecule has 0 fully saturated rings. The van der Waals surface area contributed by atoms with Crippen molar-refractivity contribution in [2.45, 2.75) is 18.9 Å². The van der Waals surface area contributed by atoms with Crippen LogP contribution >= 0.6 is 11.8 Å². The standard InChI is InChI=1S/C16H15N3O6S/c1-3-25-15(21)13-9(2)17-16(22)18-14(13)26-8-12(20)10-5-4-6-11(7-10)19(23)24/h4-7H,3,8H2,1-2H3,(H,17,18,22). The van der Waals surface area contributed by atoms with E-state index in [2.05, 4.69) is 9.97 Å². The summed E-state index contributed by atoms with van der Waals surface area (Å²) < 4.78 is 4.95. The summed E-state index contributed by atoms with van der Waals surface area (Å²) >= 11 is 0.895. The van der Waals surface area contributed by atoms with Crippen molar-refractivity contribution in [1.82, 2.24) is 9.97 Å². The number of aromatic nitrogens is 2. The van der Waals surface area contributed by atoms with Gasteiger partial charge in [0, 0.05) is 23.4 Å². The van der Waals surface area contributed by atoms with Gasteiger partial charge in [0.2, 0.25) is 0 Å². The van der Waals surface area contributed by atoms with Crippen LogP contribution in [0.2, 0.25) is 0 Å². The number of ether oxygens (including phenoxy) is 1. The molecule has 0 aliphatic rings. The zero-order chi connectivity index (χ0) is 19.3. The first kappa shape index (κ1) is 19.3. The number of hydrogen-bond donors (Lipinski definition) is 1. The second-order valence-electron chi connectivity index (χ2n) is 5.09. The fraction of sp³-hybridized carbons (Fsp3) is 0.250. The number of non-ortho nitro benzene ring substituents is 1. The number of hydrogen-bond acceptors (Lipinski definition) is 8. The molecule has 0 atom stereocenters. The number of benzene rings is 1. The molecule has 2 aromatic rings. The minimum atomic E-state index is -0.654. The van der Waals surface area contributed by atoms with Crippen molar-refractivity contribution in [3.8, 4) is 0 Å². The monoisotopic (exact) mass is 377 g/mol. The van der Waals surface area contributed by atoms with Crippen molar-refractivity contribution in [2.75, 3.05) is 12.4 Å². The second kappa shape index (κ2) is 8.39. The summed E-state index contributed by atoms with van der Waals surface area (Å²) in [5, 5.41) is 10.9. The summed E-state index contributed by atoms with van der Waals surface area (Å²) in [6, 6.07) is 5.32. The highest BCUT2D eigenvalue weighted by molar-refractivity contribution is 8.00. The quantitative estimate of drug-likeness (QED) is 0.194. The highest BCUT2D eigenvalue weighted by Gasteiger charge is 2.20. The maximum atomic E-state index is 12.3. The zero-order valence-electron chi connectivity index (χ0n) is 14.0. The van der Waals surface area contributed by atoms with E-state index in [1.54, 1.807) is 6.92 Å². The molecule has 0 spiro atoms. The van der Waals surface area contributed by atoms with Gasteiger partial charge in [0.05, 0.1) is 17.3 Å². The number of Topliss-reactive ketones (excluding diaryl/α,β-unsaturated/α-hetero) is 1. The first-order valence-corrected chi connectivity index (χ1v) is 8.50. The third-order valence-corrected chi connectivity index (χ3v) is 4.26. The van der Waals surface area contributed by atoms with Gasteiger partial charge in [-0.05, 0) is 13.8 Å². The van der Waals surface area contributed by atoms with E-state index in [-0.39, 0.29) is 39.9 Å². The molecule has 9 nitrogen and oxygen atoms in total. The molecule has 0 saturated heterocycles. The average molecular weight is 377 g/mol. The number of nitrogens with one attached hydrogen (secondary N) is 1. The Bertz CT molecular complexity index is 924. The van der Waals surface area contributed by atoms with Crippen molar-refractivity contribution in [3.63, 3.8) is 0 Å². The van der Waals surface area contributed by atoms with Crippen LogP contribution in [0.5, 0.6) is 0 Å². The van der Waals surface area contributed by atoms with Gasteiger partial charge in [0.25, 0.3) is 5.69 Å². The van der Waals surface area contributed by atoms with Crippen LogP contribution < -0.4 is 5.69 Å². The SMILES string of the molecule is CCOC(=O)c1c(SCC(=O)c2cccc([N+](=O)[O-])c2)nc(=O)[nH]c1C. The maximum absolute atomic E-state index is 12.3. The first-order valence-electron chi connectivity index (χ1n) is 7.52. The summed E-state index contributed by atoms with van der Waals surface area (Å²) in [7, 11) is 0. The molecule has 10 heteroatoms. The fourth-order valence-corrected chi connectivity index (χ4v) is 3.08. The van der Waals surface area contributed by atoms with Crippen molar-refractivity contribution in [1.29, 1.82) is 0 Å². The van der Waals surface area contributed by atoms with E-state index in [0.717, 1.165) is 11.8 Å². The Morgan fingerprint density at radius 3 is 2.77 bits per heavy atom. The number of nitrogens with zero attached hydrogens (tertiary/aromatic N) is 2. The fourth-order valence-electron chi connectivity index (χ4n) is 2.12. The van der Waals surface area contributed by atoms with Crippen LogP contribution in [0.4, 0.5) is 5.69 Å². The molecule has 1 N–H and O–H groups in total. The molecule has 0 bridgehead atoms. The lowest BCUT2D eigenvalue weighted by atomic mass is 10.1. The van der Waals surface area contributed by atoms with E-state index in [1.807, 2.05) is 0 Å². The van der Waals surface area contributed by atoms with Gasteiger partial charge in [-0.15, -0.1) is 0 Å². The van der Waals surface area contributed by atoms with Crippen LogP contribution in [-0.2, 0) is 4.74 Å². The first-order chi connectivity index (χ1) is 12.3. The third-order valence-electron chi connectivity index (χ3n) is 3.28. The van der Waals surface area contributed by atoms with E-state index in [1.165, 1.54) is 31.2 Å². The van der Waals surface area contributed by atoms with Crippen LogP contribution in [-0.4, -0.2) is 39.0 Å². The van der Waals surface area contributed by atoms with Crippen LogP contribution in [0.25, 0.3) is 0 Å². The van der Waals surface area contributed by atoms with Gasteiger partial charge >= 0.3 is 11.7 Å². The van der Waals surface area contributed by atoms with Crippen molar-refractivity contribution >= 4 is 29.2 Å². The van der Waals surface area contributed by atoms with Gasteiger partial charge in [0.1, 0.15) is 10.6 Å². The zero-order valence-corrected chi connectivity index (χ0v) is 14.8. The van der Waals surface area contributed by atoms with Gasteiger partial charge in [-0.2, -0.15) is 4.98 Å². The molecule has 0 unspecified atom stereocenters. The summed E-state index contributed by atoms with van der Waals surface area (Å²) in [5.74, 6) is -1.20. The summed E-state index contributed by atoms with van der Waals surface area (Å²) in [6.07, 6.45) is 0. The Morgan fingerprint density at radius 2 is 2.12 bits per heavy atom. The van der Waals surface area contributed by atoms with Gasteiger partial charge in [0.15, 0.2) is 5.78 Å². The second-order valence-corrected chi connectivity index (χ2v) is 6.05. The van der Waals surface area contributed by atoms with Gasteiger partial charge < -0.3 is 9.72 Å². The van der Waals surface area contributed by atoms with E-state index >= 15 is 0 Å². The number of aromatic amines is 1. The predicted octanol–water partition coefficient (Wildman–Crippen LogP) is 2.14. The molecular formula is C16H15N3O6S. The summed E-state index contributed by atoms with van der Waals surface area (Å²) in [4.78, 5) is 52.3. The Kier molecular flexibility index (Phi) is 6.23. The highest BCUT2D eigenvalue weighted by Crippen LogP contribution is 2.23. The molecule has 2 rings (SSSR count). The van der Waals surface area contributed by atoms with Gasteiger partial charge in [-0.1, -0.05) is 23.9 Å². The molecule has 136 valence electrons. The Morgan fingerprint density at radius 1 is 1.38 bits per heavy atom. The lowest BCUT2D eigenvalue weighted by molar-refractivity contribution is -0.384. The van der Waals surface area contributed by atoms with Crippen LogP contribution in [0, 0.1) is 17.0 Å². The number of aryl methyl sites for hydroxylation is 1.